The first-order valence-electron chi connectivity index (χ1n) is 8.85. The largest absolute Gasteiger partial charge is 0.336 e. The maximum absolute atomic E-state index is 13.1. The van der Waals surface area contributed by atoms with Gasteiger partial charge in [0.1, 0.15) is 11.3 Å². The molecule has 3 rings (SSSR count). The van der Waals surface area contributed by atoms with Crippen LogP contribution in [-0.2, 0) is 30.5 Å². The Balaban J connectivity index is 2.15. The summed E-state index contributed by atoms with van der Waals surface area (Å²) in [6.45, 7) is 2.90. The molecule has 0 spiro atoms. The zero-order valence-electron chi connectivity index (χ0n) is 15.9. The molecule has 0 radical (unpaired) electrons. The van der Waals surface area contributed by atoms with E-state index in [0.717, 1.165) is 4.57 Å². The van der Waals surface area contributed by atoms with Gasteiger partial charge in [0.15, 0.2) is 9.84 Å². The van der Waals surface area contributed by atoms with Gasteiger partial charge in [-0.1, -0.05) is 6.92 Å². The van der Waals surface area contributed by atoms with Gasteiger partial charge in [-0.15, -0.1) is 0 Å². The maximum atomic E-state index is 13.1. The Morgan fingerprint density at radius 1 is 1.22 bits per heavy atom. The second-order valence-electron chi connectivity index (χ2n) is 7.12. The fourth-order valence-corrected chi connectivity index (χ4v) is 4.68. The van der Waals surface area contributed by atoms with Crippen molar-refractivity contribution < 1.29 is 13.2 Å². The summed E-state index contributed by atoms with van der Waals surface area (Å²) in [6, 6.07) is 1.52. The van der Waals surface area contributed by atoms with Crippen LogP contribution in [0.1, 0.15) is 30.3 Å². The minimum atomic E-state index is -3.22. The molecule has 148 valence electrons. The highest BCUT2D eigenvalue weighted by atomic mass is 32.2. The summed E-state index contributed by atoms with van der Waals surface area (Å²) in [4.78, 5) is 39.4. The molecule has 27 heavy (non-hydrogen) atoms. The van der Waals surface area contributed by atoms with Gasteiger partial charge in [-0.05, 0) is 18.9 Å². The number of carbonyl (C=O) groups excluding carboxylic acids is 1. The van der Waals surface area contributed by atoms with Crippen molar-refractivity contribution in [1.82, 2.24) is 18.6 Å². The van der Waals surface area contributed by atoms with Crippen LogP contribution in [0.15, 0.2) is 15.7 Å². The molecular formula is C17H24N4O5S. The van der Waals surface area contributed by atoms with E-state index in [1.54, 1.807) is 11.6 Å². The summed E-state index contributed by atoms with van der Waals surface area (Å²) in [5.74, 6) is -0.319. The SMILES string of the molecule is CCCn1c(C(=O)N2CCC(S(C)(=O)=O)C2)cc2c(=O)n(C)c(=O)n(C)c21. The third kappa shape index (κ3) is 3.11. The Morgan fingerprint density at radius 2 is 1.89 bits per heavy atom. The van der Waals surface area contributed by atoms with Crippen molar-refractivity contribution in [1.29, 1.82) is 0 Å². The minimum absolute atomic E-state index is 0.141. The number of fused-ring (bicyclic) bond motifs is 1. The Kier molecular flexibility index (Phi) is 4.79. The number of rotatable bonds is 4. The molecular weight excluding hydrogens is 372 g/mol. The lowest BCUT2D eigenvalue weighted by Gasteiger charge is -2.18. The van der Waals surface area contributed by atoms with E-state index < -0.39 is 26.3 Å². The third-order valence-corrected chi connectivity index (χ3v) is 6.79. The molecule has 1 saturated heterocycles. The standard InChI is InChI=1S/C17H24N4O5S/c1-5-7-21-13(16(23)20-8-6-11(10-20)27(4,25)26)9-12-14(21)18(2)17(24)19(3)15(12)22/h9,11H,5-8,10H2,1-4H3. The number of amides is 1. The number of hydrogen-bond acceptors (Lipinski definition) is 5. The van der Waals surface area contributed by atoms with Crippen LogP contribution in [0.3, 0.4) is 0 Å². The van der Waals surface area contributed by atoms with Crippen LogP contribution < -0.4 is 11.2 Å². The molecule has 9 nitrogen and oxygen atoms in total. The number of aryl methyl sites for hydroxylation is 2. The summed E-state index contributed by atoms with van der Waals surface area (Å²) < 4.78 is 27.6. The molecule has 0 N–H and O–H groups in total. The van der Waals surface area contributed by atoms with Gasteiger partial charge in [0.25, 0.3) is 11.5 Å². The maximum Gasteiger partial charge on any atom is 0.332 e. The molecule has 1 unspecified atom stereocenters. The van der Waals surface area contributed by atoms with Crippen LogP contribution in [0, 0.1) is 0 Å². The highest BCUT2D eigenvalue weighted by Crippen LogP contribution is 2.22. The van der Waals surface area contributed by atoms with Crippen molar-refractivity contribution in [3.8, 4) is 0 Å². The van der Waals surface area contributed by atoms with Crippen LogP contribution in [0.2, 0.25) is 0 Å². The van der Waals surface area contributed by atoms with E-state index in [9.17, 15) is 22.8 Å². The van der Waals surface area contributed by atoms with Crippen LogP contribution >= 0.6 is 0 Å². The van der Waals surface area contributed by atoms with E-state index in [1.807, 2.05) is 6.92 Å². The van der Waals surface area contributed by atoms with Gasteiger partial charge in [-0.25, -0.2) is 13.2 Å². The normalized spacial score (nSPS) is 17.8. The van der Waals surface area contributed by atoms with Gasteiger partial charge < -0.3 is 9.47 Å². The fraction of sp³-hybridized carbons (Fsp3) is 0.588. The minimum Gasteiger partial charge on any atom is -0.336 e. The second kappa shape index (κ2) is 6.66. The summed E-state index contributed by atoms with van der Waals surface area (Å²) in [6.07, 6.45) is 2.29. The number of carbonyl (C=O) groups is 1. The van der Waals surface area contributed by atoms with Crippen molar-refractivity contribution in [2.45, 2.75) is 31.6 Å². The molecule has 3 heterocycles. The first-order chi connectivity index (χ1) is 12.6. The number of aromatic nitrogens is 3. The van der Waals surface area contributed by atoms with Crippen LogP contribution in [0.5, 0.6) is 0 Å². The lowest BCUT2D eigenvalue weighted by atomic mass is 10.3. The molecule has 10 heteroatoms. The van der Waals surface area contributed by atoms with Gasteiger partial charge in [0.05, 0.1) is 10.6 Å². The lowest BCUT2D eigenvalue weighted by molar-refractivity contribution is 0.0782. The Bertz CT molecular complexity index is 1140. The molecule has 0 bridgehead atoms. The van der Waals surface area contributed by atoms with Crippen LogP contribution in [0.4, 0.5) is 0 Å². The monoisotopic (exact) mass is 396 g/mol. The number of sulfone groups is 1. The lowest BCUT2D eigenvalue weighted by Crippen LogP contribution is -2.37. The van der Waals surface area contributed by atoms with E-state index in [1.165, 1.54) is 28.8 Å². The van der Waals surface area contributed by atoms with Crippen LogP contribution in [0.25, 0.3) is 11.0 Å². The zero-order valence-corrected chi connectivity index (χ0v) is 16.7. The highest BCUT2D eigenvalue weighted by molar-refractivity contribution is 7.91. The van der Waals surface area contributed by atoms with Gasteiger partial charge in [-0.3, -0.25) is 18.7 Å². The molecule has 0 saturated carbocycles. The van der Waals surface area contributed by atoms with E-state index in [-0.39, 0.29) is 12.5 Å². The van der Waals surface area contributed by atoms with Gasteiger partial charge in [0, 0.05) is 40.0 Å². The van der Waals surface area contributed by atoms with Crippen molar-refractivity contribution in [2.75, 3.05) is 19.3 Å². The Labute approximate surface area is 156 Å². The number of nitrogens with zero attached hydrogens (tertiary/aromatic N) is 4. The molecule has 1 aliphatic rings. The molecule has 0 aromatic carbocycles. The van der Waals surface area contributed by atoms with E-state index in [2.05, 4.69) is 0 Å². The fourth-order valence-electron chi connectivity index (χ4n) is 3.69. The van der Waals surface area contributed by atoms with Crippen molar-refractivity contribution >= 4 is 26.8 Å². The molecule has 0 aliphatic carbocycles. The summed E-state index contributed by atoms with van der Waals surface area (Å²) in [5.41, 5.74) is -0.195. The van der Waals surface area contributed by atoms with Crippen molar-refractivity contribution in [2.24, 2.45) is 14.1 Å². The topological polar surface area (TPSA) is 103 Å². The molecule has 1 amide bonds. The van der Waals surface area contributed by atoms with Crippen molar-refractivity contribution in [3.63, 3.8) is 0 Å². The van der Waals surface area contributed by atoms with Gasteiger partial charge >= 0.3 is 5.69 Å². The molecule has 1 aliphatic heterocycles. The molecule has 1 atom stereocenters. The Hall–Kier alpha value is -2.36. The van der Waals surface area contributed by atoms with Crippen LogP contribution in [-0.4, -0.2) is 57.5 Å². The summed E-state index contributed by atoms with van der Waals surface area (Å²) in [7, 11) is -0.248. The molecule has 2 aromatic heterocycles. The first-order valence-corrected chi connectivity index (χ1v) is 10.8. The predicted molar refractivity (Wildman–Crippen MR) is 102 cm³/mol. The second-order valence-corrected chi connectivity index (χ2v) is 9.44. The predicted octanol–water partition coefficient (Wildman–Crippen LogP) is -0.292. The molecule has 2 aromatic rings. The van der Waals surface area contributed by atoms with Gasteiger partial charge in [-0.2, -0.15) is 0 Å². The van der Waals surface area contributed by atoms with E-state index in [0.29, 0.717) is 42.7 Å². The highest BCUT2D eigenvalue weighted by Gasteiger charge is 2.34. The van der Waals surface area contributed by atoms with Gasteiger partial charge in [0.2, 0.25) is 0 Å². The van der Waals surface area contributed by atoms with E-state index >= 15 is 0 Å². The smallest absolute Gasteiger partial charge is 0.332 e. The Morgan fingerprint density at radius 3 is 2.44 bits per heavy atom. The average molecular weight is 396 g/mol. The average Bonchev–Trinajstić information content (AvgIpc) is 3.23. The summed E-state index contributed by atoms with van der Waals surface area (Å²) >= 11 is 0. The number of likely N-dealkylation sites (tertiary alicyclic amines) is 1. The van der Waals surface area contributed by atoms with Crippen molar-refractivity contribution in [3.05, 3.63) is 32.6 Å². The summed E-state index contributed by atoms with van der Waals surface area (Å²) in [5, 5.41) is -0.266. The first kappa shape index (κ1) is 19.4. The molecule has 1 fully saturated rings. The number of hydrogen-bond donors (Lipinski definition) is 0. The van der Waals surface area contributed by atoms with E-state index in [4.69, 9.17) is 0 Å². The third-order valence-electron chi connectivity index (χ3n) is 5.20. The zero-order chi connectivity index (χ0) is 20.1. The quantitative estimate of drug-likeness (QED) is 0.706.